The highest BCUT2D eigenvalue weighted by Gasteiger charge is 2.45. The molecule has 0 unspecified atom stereocenters. The molecule has 0 aromatic rings. The molecule has 24 heteroatoms. The fourth-order valence-corrected chi connectivity index (χ4v) is 10.5. The largest absolute Gasteiger partial charge is 0.390 e. The van der Waals surface area contributed by atoms with Crippen LogP contribution in [0.25, 0.3) is 0 Å². The minimum absolute atomic E-state index is 0.0106. The zero-order chi connectivity index (χ0) is 66.0. The molecular weight excluding hydrogens is 1090 g/mol. The van der Waals surface area contributed by atoms with Gasteiger partial charge in [0.1, 0.15) is 60.4 Å². The molecule has 1 saturated heterocycles. The average molecular weight is 1200 g/mol. The van der Waals surface area contributed by atoms with Crippen LogP contribution in [0.1, 0.15) is 136 Å². The number of nitrogens with zero attached hydrogens (tertiary/aromatic N) is 8. The fraction of sp³-hybridized carbons (Fsp3) is 0.787. The van der Waals surface area contributed by atoms with Crippen LogP contribution in [0.3, 0.4) is 0 Å². The summed E-state index contributed by atoms with van der Waals surface area (Å²) in [6.07, 6.45) is 2.86. The van der Waals surface area contributed by atoms with Gasteiger partial charge >= 0.3 is 0 Å². The summed E-state index contributed by atoms with van der Waals surface area (Å²) in [5.41, 5.74) is 0. The first kappa shape index (κ1) is 76.8. The maximum Gasteiger partial charge on any atom is 0.246 e. The lowest BCUT2D eigenvalue weighted by Crippen LogP contribution is -2.63. The van der Waals surface area contributed by atoms with Crippen LogP contribution < -0.4 is 21.3 Å². The Morgan fingerprint density at radius 1 is 0.506 bits per heavy atom. The number of hydrogen-bond donors (Lipinski definition) is 5. The summed E-state index contributed by atoms with van der Waals surface area (Å²) in [6, 6.07) is -12.5. The van der Waals surface area contributed by atoms with Crippen LogP contribution in [-0.4, -0.2) is 252 Å². The Balaban J connectivity index is 4.32. The number of aliphatic hydroxyl groups excluding tert-OH is 1. The fourth-order valence-electron chi connectivity index (χ4n) is 10.5. The van der Waals surface area contributed by atoms with E-state index in [1.807, 2.05) is 41.5 Å². The van der Waals surface area contributed by atoms with E-state index in [9.17, 15) is 48.3 Å². The summed E-state index contributed by atoms with van der Waals surface area (Å²) in [5, 5.41) is 23.0. The van der Waals surface area contributed by atoms with Crippen LogP contribution in [0.2, 0.25) is 0 Å². The van der Waals surface area contributed by atoms with Crippen LogP contribution >= 0.6 is 0 Å². The zero-order valence-electron chi connectivity index (χ0n) is 55.9. The highest BCUT2D eigenvalue weighted by Crippen LogP contribution is 2.25. The molecule has 0 aromatic carbocycles. The molecule has 0 bridgehead atoms. The Labute approximate surface area is 508 Å². The topological polar surface area (TPSA) is 282 Å². The first-order chi connectivity index (χ1) is 39.2. The normalized spacial score (nSPS) is 26.9. The minimum atomic E-state index is -1.61. The Morgan fingerprint density at radius 3 is 1.41 bits per heavy atom. The third-order valence-corrected chi connectivity index (χ3v) is 15.9. The van der Waals surface area contributed by atoms with E-state index in [2.05, 4.69) is 21.3 Å². The second kappa shape index (κ2) is 34.8. The summed E-state index contributed by atoms with van der Waals surface area (Å²) < 4.78 is 0. The van der Waals surface area contributed by atoms with Crippen LogP contribution in [0, 0.1) is 35.5 Å². The van der Waals surface area contributed by atoms with Gasteiger partial charge in [0.2, 0.25) is 65.0 Å². The van der Waals surface area contributed by atoms with Crippen molar-refractivity contribution >= 4 is 65.0 Å². The molecule has 0 aromatic heterocycles. The number of amides is 11. The molecule has 24 nitrogen and oxygen atoms in total. The Morgan fingerprint density at radius 2 is 0.953 bits per heavy atom. The molecule has 0 radical (unpaired) electrons. The van der Waals surface area contributed by atoms with Gasteiger partial charge in [-0.25, -0.2) is 0 Å². The van der Waals surface area contributed by atoms with Gasteiger partial charge in [0, 0.05) is 55.9 Å². The number of allylic oxidation sites excluding steroid dienone is 2. The van der Waals surface area contributed by atoms with Crippen molar-refractivity contribution in [2.75, 3.05) is 76.5 Å². The molecule has 486 valence electrons. The lowest BCUT2D eigenvalue weighted by molar-refractivity contribution is -0.157. The van der Waals surface area contributed by atoms with E-state index in [0.29, 0.717) is 6.42 Å². The Bertz CT molecular complexity index is 2330. The SMILES string of the molecule is CC=CC[C@@H](C)[C@@H](O)[C@H]1C(=O)N[C@@H](CC)C(=O)N(C)CC(=O)N(C)[C@@H](CN(C)C)C(=O)N[C@@H](C(C)C)C(=O)N(C)[C@@H](CC(C)C)C(=O)N[C@@H](C)C(=O)N[C@H](C)C(=O)N(C)[C@@H](CC(C)C)C(=O)N(C)[C@@H](CC(C)C)C(=O)N(C)[C@@H](C(C)C)C(=O)N1C. The van der Waals surface area contributed by atoms with Crippen LogP contribution in [0.15, 0.2) is 12.2 Å². The molecule has 11 amide bonds. The molecular formula is C61H110N12O12. The molecule has 1 aliphatic heterocycles. The van der Waals surface area contributed by atoms with E-state index in [1.165, 1.54) is 87.7 Å². The van der Waals surface area contributed by atoms with Gasteiger partial charge < -0.3 is 65.6 Å². The lowest BCUT2D eigenvalue weighted by Gasteiger charge is -2.41. The van der Waals surface area contributed by atoms with Gasteiger partial charge in [0.05, 0.1) is 12.6 Å². The molecule has 1 rings (SSSR count). The smallest absolute Gasteiger partial charge is 0.246 e. The van der Waals surface area contributed by atoms with Gasteiger partial charge in [-0.1, -0.05) is 95.2 Å². The standard InChI is InChI=1S/C61H110N12O12/c1-25-27-28-39(13)51(75)50-55(79)64-42(26-2)57(81)67(18)33-47(74)68(19)46(32-66(16)17)54(78)65-48(37(9)10)60(84)69(20)43(29-34(3)4)53(77)62-40(14)52(76)63-41(15)56(80)70(21)44(30-35(5)6)58(82)71(22)45(31-36(7)8)59(83)72(23)49(38(11)12)61(85)73(50)24/h25,27,34-46,48-51,75H,26,28-33H2,1-24H3,(H,62,77)(H,63,76)(H,64,79)(H,65,78)/t39-,40+,41-,42+,43+,44+,45+,46+,48+,49+,50+,51-/m1/s1. The molecule has 1 aliphatic rings. The third kappa shape index (κ3) is 21.6. The molecule has 0 saturated carbocycles. The molecule has 1 heterocycles. The maximum absolute atomic E-state index is 15.1. The quantitative estimate of drug-likeness (QED) is 0.147. The summed E-state index contributed by atoms with van der Waals surface area (Å²) in [6.45, 7) is 25.5. The summed E-state index contributed by atoms with van der Waals surface area (Å²) in [7, 11) is 13.2. The second-order valence-corrected chi connectivity index (χ2v) is 25.7. The average Bonchev–Trinajstić information content (AvgIpc) is 3.62. The van der Waals surface area contributed by atoms with E-state index >= 15 is 9.59 Å². The van der Waals surface area contributed by atoms with E-state index in [4.69, 9.17) is 0 Å². The summed E-state index contributed by atoms with van der Waals surface area (Å²) in [5.74, 6) is -9.72. The van der Waals surface area contributed by atoms with Gasteiger partial charge in [0.25, 0.3) is 0 Å². The van der Waals surface area contributed by atoms with Gasteiger partial charge in [-0.3, -0.25) is 52.7 Å². The van der Waals surface area contributed by atoms with Crippen molar-refractivity contribution in [3.8, 4) is 0 Å². The van der Waals surface area contributed by atoms with Gasteiger partial charge in [-0.15, -0.1) is 0 Å². The van der Waals surface area contributed by atoms with E-state index in [-0.39, 0.29) is 50.0 Å². The van der Waals surface area contributed by atoms with Crippen molar-refractivity contribution in [1.29, 1.82) is 0 Å². The van der Waals surface area contributed by atoms with Crippen molar-refractivity contribution in [3.05, 3.63) is 12.2 Å². The maximum atomic E-state index is 15.1. The highest BCUT2D eigenvalue weighted by atomic mass is 16.3. The zero-order valence-corrected chi connectivity index (χ0v) is 55.9. The number of aliphatic hydroxyl groups is 1. The van der Waals surface area contributed by atoms with E-state index in [0.717, 1.165) is 9.80 Å². The molecule has 0 aliphatic carbocycles. The predicted molar refractivity (Wildman–Crippen MR) is 328 cm³/mol. The van der Waals surface area contributed by atoms with Gasteiger partial charge in [0.15, 0.2) is 0 Å². The number of likely N-dealkylation sites (N-methyl/N-ethyl adjacent to an activating group) is 8. The summed E-state index contributed by atoms with van der Waals surface area (Å²) in [4.78, 5) is 170. The lowest BCUT2D eigenvalue weighted by atomic mass is 9.91. The number of nitrogens with one attached hydrogen (secondary N) is 4. The van der Waals surface area contributed by atoms with Crippen molar-refractivity contribution < 1.29 is 57.8 Å². The van der Waals surface area contributed by atoms with Crippen LogP contribution in [-0.2, 0) is 52.7 Å². The second-order valence-electron chi connectivity index (χ2n) is 25.7. The van der Waals surface area contributed by atoms with Crippen molar-refractivity contribution in [2.24, 2.45) is 35.5 Å². The molecule has 0 spiro atoms. The third-order valence-electron chi connectivity index (χ3n) is 15.9. The van der Waals surface area contributed by atoms with E-state index < -0.39 is 156 Å². The van der Waals surface area contributed by atoms with Crippen molar-refractivity contribution in [3.63, 3.8) is 0 Å². The minimum Gasteiger partial charge on any atom is -0.390 e. The van der Waals surface area contributed by atoms with E-state index in [1.54, 1.807) is 79.6 Å². The summed E-state index contributed by atoms with van der Waals surface area (Å²) >= 11 is 0. The predicted octanol–water partition coefficient (Wildman–Crippen LogP) is 1.78. The monoisotopic (exact) mass is 1200 g/mol. The molecule has 85 heavy (non-hydrogen) atoms. The number of rotatable bonds is 15. The first-order valence-electron chi connectivity index (χ1n) is 30.2. The highest BCUT2D eigenvalue weighted by molar-refractivity contribution is 5.99. The van der Waals surface area contributed by atoms with Gasteiger partial charge in [-0.05, 0) is 102 Å². The Kier molecular flexibility index (Phi) is 31.5. The number of carbonyl (C=O) groups is 11. The molecule has 5 N–H and O–H groups in total. The van der Waals surface area contributed by atoms with Crippen molar-refractivity contribution in [1.82, 2.24) is 60.5 Å². The molecule has 12 atom stereocenters. The van der Waals surface area contributed by atoms with Gasteiger partial charge in [-0.2, -0.15) is 0 Å². The number of carbonyl (C=O) groups excluding carboxylic acids is 11. The number of hydrogen-bond acceptors (Lipinski definition) is 13. The van der Waals surface area contributed by atoms with Crippen LogP contribution in [0.5, 0.6) is 0 Å². The first-order valence-corrected chi connectivity index (χ1v) is 30.2. The van der Waals surface area contributed by atoms with Crippen molar-refractivity contribution in [2.45, 2.75) is 202 Å². The molecule has 1 fully saturated rings. The van der Waals surface area contributed by atoms with Crippen LogP contribution in [0.4, 0.5) is 0 Å². The Hall–Kier alpha value is -6.17.